The summed E-state index contributed by atoms with van der Waals surface area (Å²) in [7, 11) is 0. The number of amides is 1. The number of hydrogen-bond acceptors (Lipinski definition) is 2. The predicted octanol–water partition coefficient (Wildman–Crippen LogP) is 1.99. The third-order valence-electron chi connectivity index (χ3n) is 3.85. The van der Waals surface area contributed by atoms with Crippen molar-refractivity contribution in [1.82, 2.24) is 4.90 Å². The van der Waals surface area contributed by atoms with E-state index >= 15 is 0 Å². The molecule has 0 aromatic rings. The van der Waals surface area contributed by atoms with Crippen LogP contribution in [-0.2, 0) is 9.59 Å². The highest BCUT2D eigenvalue weighted by atomic mass is 16.4. The standard InChI is InChI=1S/C13H23NO3/c1-9(13(2,3)4)7-11(15)14-6-5-10(8-14)12(16)17/h9-10H,5-8H2,1-4H3,(H,16,17). The summed E-state index contributed by atoms with van der Waals surface area (Å²) >= 11 is 0. The third kappa shape index (κ3) is 3.72. The van der Waals surface area contributed by atoms with E-state index in [4.69, 9.17) is 5.11 Å². The van der Waals surface area contributed by atoms with Crippen molar-refractivity contribution in [2.45, 2.75) is 40.5 Å². The lowest BCUT2D eigenvalue weighted by atomic mass is 9.80. The summed E-state index contributed by atoms with van der Waals surface area (Å²) in [5.74, 6) is -0.761. The zero-order chi connectivity index (χ0) is 13.2. The van der Waals surface area contributed by atoms with E-state index in [1.54, 1.807) is 4.90 Å². The monoisotopic (exact) mass is 241 g/mol. The first kappa shape index (κ1) is 14.0. The van der Waals surface area contributed by atoms with Gasteiger partial charge in [0.2, 0.25) is 5.91 Å². The van der Waals surface area contributed by atoms with Crippen LogP contribution in [0.4, 0.5) is 0 Å². The van der Waals surface area contributed by atoms with E-state index in [-0.39, 0.29) is 17.2 Å². The fourth-order valence-corrected chi connectivity index (χ4v) is 1.89. The maximum absolute atomic E-state index is 12.0. The van der Waals surface area contributed by atoms with Crippen molar-refractivity contribution < 1.29 is 14.7 Å². The molecule has 17 heavy (non-hydrogen) atoms. The van der Waals surface area contributed by atoms with E-state index in [1.807, 2.05) is 0 Å². The first-order valence-corrected chi connectivity index (χ1v) is 6.22. The van der Waals surface area contributed by atoms with Crippen molar-refractivity contribution in [2.24, 2.45) is 17.3 Å². The summed E-state index contributed by atoms with van der Waals surface area (Å²) in [5, 5.41) is 8.89. The topological polar surface area (TPSA) is 57.6 Å². The van der Waals surface area contributed by atoms with Gasteiger partial charge >= 0.3 is 5.97 Å². The lowest BCUT2D eigenvalue weighted by Gasteiger charge is -2.28. The largest absolute Gasteiger partial charge is 0.481 e. The van der Waals surface area contributed by atoms with Crippen LogP contribution >= 0.6 is 0 Å². The highest BCUT2D eigenvalue weighted by Gasteiger charge is 2.32. The molecule has 1 saturated heterocycles. The zero-order valence-corrected chi connectivity index (χ0v) is 11.2. The van der Waals surface area contributed by atoms with Crippen LogP contribution in [0.25, 0.3) is 0 Å². The number of carbonyl (C=O) groups is 2. The molecular weight excluding hydrogens is 218 g/mol. The van der Waals surface area contributed by atoms with E-state index in [1.165, 1.54) is 0 Å². The van der Waals surface area contributed by atoms with Gasteiger partial charge in [0, 0.05) is 19.5 Å². The zero-order valence-electron chi connectivity index (χ0n) is 11.2. The molecular formula is C13H23NO3. The maximum atomic E-state index is 12.0. The Balaban J connectivity index is 2.48. The van der Waals surface area contributed by atoms with Gasteiger partial charge in [0.25, 0.3) is 0 Å². The molecule has 1 aliphatic heterocycles. The molecule has 4 nitrogen and oxygen atoms in total. The lowest BCUT2D eigenvalue weighted by Crippen LogP contribution is -2.33. The van der Waals surface area contributed by atoms with Crippen LogP contribution in [0.3, 0.4) is 0 Å². The van der Waals surface area contributed by atoms with Crippen molar-refractivity contribution in [1.29, 1.82) is 0 Å². The number of rotatable bonds is 3. The van der Waals surface area contributed by atoms with Crippen LogP contribution < -0.4 is 0 Å². The Morgan fingerprint density at radius 1 is 1.41 bits per heavy atom. The van der Waals surface area contributed by atoms with E-state index in [0.717, 1.165) is 0 Å². The van der Waals surface area contributed by atoms with Crippen LogP contribution in [0.5, 0.6) is 0 Å². The van der Waals surface area contributed by atoms with Gasteiger partial charge in [-0.05, 0) is 17.8 Å². The van der Waals surface area contributed by atoms with Gasteiger partial charge in [-0.15, -0.1) is 0 Å². The lowest BCUT2D eigenvalue weighted by molar-refractivity contribution is -0.141. The average molecular weight is 241 g/mol. The summed E-state index contributed by atoms with van der Waals surface area (Å²) in [6.07, 6.45) is 1.10. The minimum absolute atomic E-state index is 0.0937. The Hall–Kier alpha value is -1.06. The normalized spacial score (nSPS) is 22.6. The SMILES string of the molecule is CC(CC(=O)N1CCC(C(=O)O)C1)C(C)(C)C. The molecule has 0 spiro atoms. The van der Waals surface area contributed by atoms with Gasteiger partial charge in [-0.25, -0.2) is 0 Å². The van der Waals surface area contributed by atoms with Gasteiger partial charge in [0.1, 0.15) is 0 Å². The second kappa shape index (κ2) is 5.07. The molecule has 1 aliphatic rings. The molecule has 0 radical (unpaired) electrons. The van der Waals surface area contributed by atoms with Crippen molar-refractivity contribution in [3.8, 4) is 0 Å². The molecule has 2 unspecified atom stereocenters. The van der Waals surface area contributed by atoms with Crippen LogP contribution in [0.2, 0.25) is 0 Å². The molecule has 0 aliphatic carbocycles. The number of carboxylic acids is 1. The van der Waals surface area contributed by atoms with Gasteiger partial charge in [-0.1, -0.05) is 27.7 Å². The fourth-order valence-electron chi connectivity index (χ4n) is 1.89. The Morgan fingerprint density at radius 3 is 2.41 bits per heavy atom. The molecule has 4 heteroatoms. The molecule has 98 valence electrons. The molecule has 2 atom stereocenters. The molecule has 1 amide bonds. The van der Waals surface area contributed by atoms with Gasteiger partial charge in [0.05, 0.1) is 5.92 Å². The summed E-state index contributed by atoms with van der Waals surface area (Å²) in [6.45, 7) is 9.40. The number of likely N-dealkylation sites (tertiary alicyclic amines) is 1. The van der Waals surface area contributed by atoms with Gasteiger partial charge in [-0.3, -0.25) is 9.59 Å². The number of hydrogen-bond donors (Lipinski definition) is 1. The number of nitrogens with zero attached hydrogens (tertiary/aromatic N) is 1. The number of carbonyl (C=O) groups excluding carboxylic acids is 1. The predicted molar refractivity (Wildman–Crippen MR) is 65.6 cm³/mol. The first-order valence-electron chi connectivity index (χ1n) is 6.22. The molecule has 0 saturated carbocycles. The van der Waals surface area contributed by atoms with E-state index in [2.05, 4.69) is 27.7 Å². The summed E-state index contributed by atoms with van der Waals surface area (Å²) in [6, 6.07) is 0. The van der Waals surface area contributed by atoms with Crippen molar-refractivity contribution in [3.63, 3.8) is 0 Å². The molecule has 1 heterocycles. The minimum atomic E-state index is -0.788. The molecule has 1 fully saturated rings. The Morgan fingerprint density at radius 2 is 2.00 bits per heavy atom. The van der Waals surface area contributed by atoms with Crippen LogP contribution in [-0.4, -0.2) is 35.0 Å². The highest BCUT2D eigenvalue weighted by molar-refractivity contribution is 5.79. The van der Waals surface area contributed by atoms with Crippen molar-refractivity contribution >= 4 is 11.9 Å². The Kier molecular flexibility index (Phi) is 4.17. The van der Waals surface area contributed by atoms with Crippen LogP contribution in [0.15, 0.2) is 0 Å². The molecule has 0 bridgehead atoms. The van der Waals surface area contributed by atoms with Crippen LogP contribution in [0.1, 0.15) is 40.5 Å². The molecule has 1 rings (SSSR count). The van der Waals surface area contributed by atoms with E-state index < -0.39 is 5.97 Å². The van der Waals surface area contributed by atoms with Crippen molar-refractivity contribution in [3.05, 3.63) is 0 Å². The van der Waals surface area contributed by atoms with Gasteiger partial charge < -0.3 is 10.0 Å². The number of aliphatic carboxylic acids is 1. The van der Waals surface area contributed by atoms with Crippen LogP contribution in [0, 0.1) is 17.3 Å². The summed E-state index contributed by atoms with van der Waals surface area (Å²) in [4.78, 5) is 24.5. The Bertz CT molecular complexity index is 306. The average Bonchev–Trinajstić information content (AvgIpc) is 2.64. The third-order valence-corrected chi connectivity index (χ3v) is 3.85. The van der Waals surface area contributed by atoms with Crippen molar-refractivity contribution in [2.75, 3.05) is 13.1 Å². The fraction of sp³-hybridized carbons (Fsp3) is 0.846. The summed E-state index contributed by atoms with van der Waals surface area (Å²) < 4.78 is 0. The van der Waals surface area contributed by atoms with E-state index in [0.29, 0.717) is 31.8 Å². The smallest absolute Gasteiger partial charge is 0.308 e. The Labute approximate surface area is 103 Å². The quantitative estimate of drug-likeness (QED) is 0.822. The second-order valence-electron chi connectivity index (χ2n) is 6.13. The summed E-state index contributed by atoms with van der Waals surface area (Å²) in [5.41, 5.74) is 0.113. The second-order valence-corrected chi connectivity index (χ2v) is 6.13. The van der Waals surface area contributed by atoms with Gasteiger partial charge in [0.15, 0.2) is 0 Å². The molecule has 1 N–H and O–H groups in total. The van der Waals surface area contributed by atoms with E-state index in [9.17, 15) is 9.59 Å². The highest BCUT2D eigenvalue weighted by Crippen LogP contribution is 2.29. The first-order chi connectivity index (χ1) is 7.71. The molecule has 0 aromatic carbocycles. The number of carboxylic acid groups (broad SMARTS) is 1. The van der Waals surface area contributed by atoms with Gasteiger partial charge in [-0.2, -0.15) is 0 Å². The maximum Gasteiger partial charge on any atom is 0.308 e. The minimum Gasteiger partial charge on any atom is -0.481 e. The molecule has 0 aromatic heterocycles.